The molecule has 2 unspecified atom stereocenters. The van der Waals surface area contributed by atoms with Crippen molar-refractivity contribution in [3.8, 4) is 0 Å². The predicted octanol–water partition coefficient (Wildman–Crippen LogP) is -0.271. The van der Waals surface area contributed by atoms with Crippen molar-refractivity contribution in [1.29, 1.82) is 0 Å². The molecule has 0 spiro atoms. The van der Waals surface area contributed by atoms with Gasteiger partial charge in [0.1, 0.15) is 0 Å². The highest BCUT2D eigenvalue weighted by atomic mass is 16.3. The molecule has 0 saturated carbocycles. The molecule has 1 aliphatic rings. The molecule has 0 aromatic heterocycles. The number of rotatable bonds is 4. The monoisotopic (exact) mass is 200 g/mol. The van der Waals surface area contributed by atoms with Crippen LogP contribution >= 0.6 is 0 Å². The Hall–Kier alpha value is -0.610. The Kier molecular flexibility index (Phi) is 4.35. The van der Waals surface area contributed by atoms with Gasteiger partial charge in [0, 0.05) is 6.54 Å². The molecule has 1 rings (SSSR count). The Bertz CT molecular complexity index is 193. The summed E-state index contributed by atoms with van der Waals surface area (Å²) in [5, 5.41) is 15.0. The van der Waals surface area contributed by atoms with Crippen LogP contribution in [-0.4, -0.2) is 36.8 Å². The highest BCUT2D eigenvalue weighted by molar-refractivity contribution is 5.79. The number of hydrogen-bond donors (Lipinski definition) is 3. The molecule has 3 N–H and O–H groups in total. The molecule has 14 heavy (non-hydrogen) atoms. The van der Waals surface area contributed by atoms with Crippen molar-refractivity contribution in [2.45, 2.75) is 26.3 Å². The molecule has 4 nitrogen and oxygen atoms in total. The van der Waals surface area contributed by atoms with E-state index in [0.717, 1.165) is 19.5 Å². The fraction of sp³-hybridized carbons (Fsp3) is 0.900. The van der Waals surface area contributed by atoms with Crippen LogP contribution in [0.2, 0.25) is 0 Å². The lowest BCUT2D eigenvalue weighted by molar-refractivity contribution is -0.126. The Morgan fingerprint density at radius 1 is 1.64 bits per heavy atom. The molecule has 82 valence electrons. The van der Waals surface area contributed by atoms with E-state index in [9.17, 15) is 4.79 Å². The second-order valence-electron chi connectivity index (χ2n) is 4.04. The van der Waals surface area contributed by atoms with Crippen LogP contribution in [0.4, 0.5) is 0 Å². The molecule has 3 atom stereocenters. The van der Waals surface area contributed by atoms with E-state index in [1.54, 1.807) is 0 Å². The van der Waals surface area contributed by atoms with Crippen molar-refractivity contribution < 1.29 is 9.90 Å². The molecule has 0 aromatic rings. The van der Waals surface area contributed by atoms with Gasteiger partial charge in [-0.15, -0.1) is 0 Å². The summed E-state index contributed by atoms with van der Waals surface area (Å²) in [4.78, 5) is 11.7. The van der Waals surface area contributed by atoms with Crippen molar-refractivity contribution in [2.24, 2.45) is 11.8 Å². The van der Waals surface area contributed by atoms with E-state index in [1.807, 2.05) is 6.92 Å². The van der Waals surface area contributed by atoms with Gasteiger partial charge >= 0.3 is 0 Å². The first-order valence-electron chi connectivity index (χ1n) is 5.31. The van der Waals surface area contributed by atoms with Crippen LogP contribution in [0.3, 0.4) is 0 Å². The smallest absolute Gasteiger partial charge is 0.225 e. The average Bonchev–Trinajstić information content (AvgIpc) is 2.60. The van der Waals surface area contributed by atoms with E-state index >= 15 is 0 Å². The molecule has 0 radical (unpaired) electrons. The summed E-state index contributed by atoms with van der Waals surface area (Å²) < 4.78 is 0. The average molecular weight is 200 g/mol. The normalized spacial score (nSPS) is 28.8. The van der Waals surface area contributed by atoms with Crippen molar-refractivity contribution in [3.63, 3.8) is 0 Å². The fourth-order valence-corrected chi connectivity index (χ4v) is 1.75. The molecule has 0 aliphatic carbocycles. The third-order valence-corrected chi connectivity index (χ3v) is 2.91. The second-order valence-corrected chi connectivity index (χ2v) is 4.04. The first-order chi connectivity index (χ1) is 6.69. The van der Waals surface area contributed by atoms with Crippen LogP contribution in [0.25, 0.3) is 0 Å². The zero-order valence-corrected chi connectivity index (χ0v) is 8.92. The second kappa shape index (κ2) is 5.32. The lowest BCUT2D eigenvalue weighted by Crippen LogP contribution is -2.42. The molecule has 1 saturated heterocycles. The molecular formula is C10H20N2O2. The van der Waals surface area contributed by atoms with E-state index < -0.39 is 0 Å². The summed E-state index contributed by atoms with van der Waals surface area (Å²) >= 11 is 0. The quantitative estimate of drug-likeness (QED) is 0.585. The van der Waals surface area contributed by atoms with Gasteiger partial charge in [0.15, 0.2) is 0 Å². The van der Waals surface area contributed by atoms with Gasteiger partial charge in [-0.25, -0.2) is 0 Å². The van der Waals surface area contributed by atoms with Crippen molar-refractivity contribution in [2.75, 3.05) is 19.7 Å². The van der Waals surface area contributed by atoms with E-state index in [1.165, 1.54) is 0 Å². The number of nitrogens with one attached hydrogen (secondary N) is 2. The van der Waals surface area contributed by atoms with Gasteiger partial charge in [0.2, 0.25) is 5.91 Å². The van der Waals surface area contributed by atoms with Gasteiger partial charge in [0.05, 0.1) is 18.6 Å². The van der Waals surface area contributed by atoms with Crippen molar-refractivity contribution in [3.05, 3.63) is 0 Å². The van der Waals surface area contributed by atoms with Gasteiger partial charge in [-0.05, 0) is 18.9 Å². The minimum Gasteiger partial charge on any atom is -0.394 e. The van der Waals surface area contributed by atoms with Crippen LogP contribution in [0.1, 0.15) is 20.3 Å². The van der Waals surface area contributed by atoms with Crippen LogP contribution < -0.4 is 10.6 Å². The maximum atomic E-state index is 11.7. The summed E-state index contributed by atoms with van der Waals surface area (Å²) in [6, 6.07) is -0.0877. The molecule has 1 fully saturated rings. The predicted molar refractivity (Wildman–Crippen MR) is 54.8 cm³/mol. The van der Waals surface area contributed by atoms with Gasteiger partial charge in [0.25, 0.3) is 0 Å². The first-order valence-corrected chi connectivity index (χ1v) is 5.31. The van der Waals surface area contributed by atoms with E-state index in [2.05, 4.69) is 17.6 Å². The van der Waals surface area contributed by atoms with Crippen molar-refractivity contribution >= 4 is 5.91 Å². The summed E-state index contributed by atoms with van der Waals surface area (Å²) in [5.74, 6) is 0.533. The molecule has 1 aliphatic heterocycles. The lowest BCUT2D eigenvalue weighted by atomic mass is 9.97. The Morgan fingerprint density at radius 3 is 2.79 bits per heavy atom. The van der Waals surface area contributed by atoms with Crippen molar-refractivity contribution in [1.82, 2.24) is 10.6 Å². The summed E-state index contributed by atoms with van der Waals surface area (Å²) in [6.45, 7) is 5.72. The molecule has 1 heterocycles. The maximum absolute atomic E-state index is 11.7. The summed E-state index contributed by atoms with van der Waals surface area (Å²) in [5.41, 5.74) is 0. The van der Waals surface area contributed by atoms with Crippen LogP contribution in [0.15, 0.2) is 0 Å². The van der Waals surface area contributed by atoms with Gasteiger partial charge in [-0.2, -0.15) is 0 Å². The number of aliphatic hydroxyl groups is 1. The summed E-state index contributed by atoms with van der Waals surface area (Å²) in [7, 11) is 0. The minimum atomic E-state index is -0.0877. The van der Waals surface area contributed by atoms with E-state index in [0.29, 0.717) is 5.92 Å². The minimum absolute atomic E-state index is 0.0246. The standard InChI is InChI=1S/C10H20N2O2/c1-3-8(6-13)12-10(14)9-5-11-4-7(9)2/h7-9,11,13H,3-6H2,1-2H3,(H,12,14)/t7?,8-,9?/m0/s1. The van der Waals surface area contributed by atoms with Gasteiger partial charge in [-0.1, -0.05) is 13.8 Å². The van der Waals surface area contributed by atoms with Crippen LogP contribution in [0, 0.1) is 11.8 Å². The zero-order chi connectivity index (χ0) is 10.6. The van der Waals surface area contributed by atoms with Gasteiger partial charge < -0.3 is 15.7 Å². The number of aliphatic hydroxyl groups excluding tert-OH is 1. The number of carbonyl (C=O) groups is 1. The third-order valence-electron chi connectivity index (χ3n) is 2.91. The Morgan fingerprint density at radius 2 is 2.36 bits per heavy atom. The Labute approximate surface area is 85.1 Å². The number of amides is 1. The third kappa shape index (κ3) is 2.69. The first kappa shape index (κ1) is 11.5. The molecule has 1 amide bonds. The Balaban J connectivity index is 2.40. The largest absolute Gasteiger partial charge is 0.394 e. The number of hydrogen-bond acceptors (Lipinski definition) is 3. The topological polar surface area (TPSA) is 61.4 Å². The van der Waals surface area contributed by atoms with Gasteiger partial charge in [-0.3, -0.25) is 4.79 Å². The zero-order valence-electron chi connectivity index (χ0n) is 8.92. The number of carbonyl (C=O) groups excluding carboxylic acids is 1. The molecule has 4 heteroatoms. The lowest BCUT2D eigenvalue weighted by Gasteiger charge is -2.19. The molecule has 0 aromatic carbocycles. The molecular weight excluding hydrogens is 180 g/mol. The SMILES string of the molecule is CC[C@@H](CO)NC(=O)C1CNCC1C. The van der Waals surface area contributed by atoms with Crippen LogP contribution in [0.5, 0.6) is 0 Å². The van der Waals surface area contributed by atoms with E-state index in [4.69, 9.17) is 5.11 Å². The highest BCUT2D eigenvalue weighted by Gasteiger charge is 2.30. The maximum Gasteiger partial charge on any atom is 0.225 e. The fourth-order valence-electron chi connectivity index (χ4n) is 1.75. The van der Waals surface area contributed by atoms with E-state index in [-0.39, 0.29) is 24.5 Å². The summed E-state index contributed by atoms with van der Waals surface area (Å²) in [6.07, 6.45) is 0.775. The highest BCUT2D eigenvalue weighted by Crippen LogP contribution is 2.15. The molecule has 0 bridgehead atoms. The van der Waals surface area contributed by atoms with Crippen LogP contribution in [-0.2, 0) is 4.79 Å².